The summed E-state index contributed by atoms with van der Waals surface area (Å²) in [5, 5.41) is 39.2. The molecule has 0 heterocycles. The predicted octanol–water partition coefficient (Wildman–Crippen LogP) is -1.51. The van der Waals surface area contributed by atoms with Gasteiger partial charge in [0.1, 0.15) is 6.42 Å². The Morgan fingerprint density at radius 2 is 1.44 bits per heavy atom. The molecule has 0 aromatic rings. The van der Waals surface area contributed by atoms with E-state index in [1.54, 1.807) is 0 Å². The maximum absolute atomic E-state index is 10.7. The molecule has 100 valence electrons. The quantitative estimate of drug-likeness (QED) is 0.186. The van der Waals surface area contributed by atoms with Crippen LogP contribution in [-0.4, -0.2) is 44.2 Å². The highest BCUT2D eigenvalue weighted by Crippen LogP contribution is 2.13. The smallest absolute Gasteiger partial charge is 0.481 e. The molecule has 0 aliphatic rings. The molecule has 0 aliphatic heterocycles. The molecule has 0 unspecified atom stereocenters. The molecule has 18 heavy (non-hydrogen) atoms. The van der Waals surface area contributed by atoms with Gasteiger partial charge in [-0.1, -0.05) is 0 Å². The molecule has 0 atom stereocenters. The maximum atomic E-state index is 10.7. The van der Waals surface area contributed by atoms with Crippen molar-refractivity contribution in [1.29, 1.82) is 0 Å². The molecule has 0 fully saturated rings. The van der Waals surface area contributed by atoms with Gasteiger partial charge >= 0.3 is 24.3 Å². The zero-order valence-electron chi connectivity index (χ0n) is 8.38. The van der Waals surface area contributed by atoms with E-state index >= 15 is 0 Å². The predicted molar refractivity (Wildman–Crippen MR) is 46.9 cm³/mol. The van der Waals surface area contributed by atoms with Gasteiger partial charge in [-0.25, -0.2) is 0 Å². The average Bonchev–Trinajstić information content (AvgIpc) is 2.15. The topological polar surface area (TPSA) is 193 Å². The number of aliphatic carboxylic acids is 1. The second-order valence-electron chi connectivity index (χ2n) is 2.78. The van der Waals surface area contributed by atoms with Crippen LogP contribution in [0.1, 0.15) is 6.42 Å². The highest BCUT2D eigenvalue weighted by Gasteiger charge is 2.72. The average molecular weight is 267 g/mol. The number of ether oxygens (including phenoxy) is 1. The lowest BCUT2D eigenvalue weighted by Gasteiger charge is -2.08. The monoisotopic (exact) mass is 267 g/mol. The number of carboxylic acid groups (broad SMARTS) is 1. The molecule has 0 aliphatic carbocycles. The SMILES string of the molecule is O=C(O)CC(=O)OCC([N+](=O)[O-])([N+](=O)[O-])[N+](=O)[O-]. The lowest BCUT2D eigenvalue weighted by Crippen LogP contribution is -2.57. The summed E-state index contributed by atoms with van der Waals surface area (Å²) in [6.07, 6.45) is -1.23. The van der Waals surface area contributed by atoms with E-state index in [9.17, 15) is 39.9 Å². The van der Waals surface area contributed by atoms with E-state index in [2.05, 4.69) is 4.74 Å². The van der Waals surface area contributed by atoms with Gasteiger partial charge in [-0.15, -0.1) is 0 Å². The Balaban J connectivity index is 4.99. The standard InChI is InChI=1S/C5H5N3O10/c9-3(10)1-4(11)18-2-5(6(12)13,7(14)15)8(16)17/h1-2H2,(H,9,10). The van der Waals surface area contributed by atoms with E-state index in [0.29, 0.717) is 0 Å². The molecule has 0 radical (unpaired) electrons. The third-order valence-electron chi connectivity index (χ3n) is 1.60. The number of nitro groups is 3. The Labute approximate surface area is 96.4 Å². The molecule has 0 amide bonds. The van der Waals surface area contributed by atoms with Crippen molar-refractivity contribution in [2.75, 3.05) is 6.61 Å². The molecule has 13 nitrogen and oxygen atoms in total. The third kappa shape index (κ3) is 3.06. The summed E-state index contributed by atoms with van der Waals surface area (Å²) in [6.45, 7) is -1.81. The molecule has 1 N–H and O–H groups in total. The third-order valence-corrected chi connectivity index (χ3v) is 1.60. The van der Waals surface area contributed by atoms with Crippen molar-refractivity contribution in [3.05, 3.63) is 30.3 Å². The van der Waals surface area contributed by atoms with Crippen LogP contribution in [0.3, 0.4) is 0 Å². The zero-order valence-corrected chi connectivity index (χ0v) is 8.38. The molecule has 0 aromatic carbocycles. The van der Waals surface area contributed by atoms with Crippen LogP contribution in [0.25, 0.3) is 0 Å². The summed E-state index contributed by atoms with van der Waals surface area (Å²) in [6, 6.07) is 0. The first-order chi connectivity index (χ1) is 8.14. The number of hydrogen-bond donors (Lipinski definition) is 1. The highest BCUT2D eigenvalue weighted by molar-refractivity contribution is 5.90. The second-order valence-corrected chi connectivity index (χ2v) is 2.78. The molecule has 0 rings (SSSR count). The number of rotatable bonds is 7. The maximum Gasteiger partial charge on any atom is 0.734 e. The second kappa shape index (κ2) is 5.46. The minimum atomic E-state index is -3.95. The first-order valence-electron chi connectivity index (χ1n) is 3.95. The van der Waals surface area contributed by atoms with Crippen LogP contribution in [0.2, 0.25) is 0 Å². The zero-order chi connectivity index (χ0) is 14.5. The van der Waals surface area contributed by atoms with Gasteiger partial charge in [0.15, 0.2) is 14.8 Å². The van der Waals surface area contributed by atoms with E-state index in [1.807, 2.05) is 0 Å². The lowest BCUT2D eigenvalue weighted by atomic mass is 10.4. The highest BCUT2D eigenvalue weighted by atomic mass is 16.7. The summed E-state index contributed by atoms with van der Waals surface area (Å²) in [5.41, 5.74) is 0. The summed E-state index contributed by atoms with van der Waals surface area (Å²) < 4.78 is 3.86. The molecule has 13 heteroatoms. The van der Waals surface area contributed by atoms with Crippen LogP contribution in [0.5, 0.6) is 0 Å². The van der Waals surface area contributed by atoms with Gasteiger partial charge < -0.3 is 9.84 Å². The van der Waals surface area contributed by atoms with Crippen molar-refractivity contribution in [3.8, 4) is 0 Å². The number of esters is 1. The minimum absolute atomic E-state index is 1.23. The Bertz CT molecular complexity index is 380. The van der Waals surface area contributed by atoms with Gasteiger partial charge in [-0.3, -0.25) is 39.9 Å². The van der Waals surface area contributed by atoms with E-state index in [-0.39, 0.29) is 0 Å². The Morgan fingerprint density at radius 1 is 1.06 bits per heavy atom. The lowest BCUT2D eigenvalue weighted by molar-refractivity contribution is -0.970. The summed E-state index contributed by atoms with van der Waals surface area (Å²) in [7, 11) is 0. The fourth-order valence-corrected chi connectivity index (χ4v) is 0.710. The number of hydrogen-bond acceptors (Lipinski definition) is 9. The first-order valence-corrected chi connectivity index (χ1v) is 3.95. The van der Waals surface area contributed by atoms with Crippen LogP contribution in [0.4, 0.5) is 0 Å². The Hall–Kier alpha value is -2.86. The summed E-state index contributed by atoms with van der Waals surface area (Å²) in [5.74, 6) is -7.18. The van der Waals surface area contributed by atoms with Crippen LogP contribution in [0.15, 0.2) is 0 Å². The van der Waals surface area contributed by atoms with Crippen LogP contribution >= 0.6 is 0 Å². The molecule has 0 aromatic heterocycles. The molecule has 0 saturated carbocycles. The van der Waals surface area contributed by atoms with Gasteiger partial charge in [0, 0.05) is 0 Å². The normalized spacial score (nSPS) is 10.4. The fourth-order valence-electron chi connectivity index (χ4n) is 0.710. The molecule has 0 saturated heterocycles. The van der Waals surface area contributed by atoms with Crippen LogP contribution in [0, 0.1) is 30.3 Å². The molecular weight excluding hydrogens is 262 g/mol. The largest absolute Gasteiger partial charge is 0.734 e. The molecular formula is C5H5N3O10. The van der Waals surface area contributed by atoms with E-state index in [4.69, 9.17) is 5.11 Å². The van der Waals surface area contributed by atoms with Crippen molar-refractivity contribution in [3.63, 3.8) is 0 Å². The fraction of sp³-hybridized carbons (Fsp3) is 0.600. The van der Waals surface area contributed by atoms with Crippen molar-refractivity contribution >= 4 is 11.9 Å². The Kier molecular flexibility index (Phi) is 4.59. The van der Waals surface area contributed by atoms with Crippen molar-refractivity contribution < 1.29 is 34.2 Å². The van der Waals surface area contributed by atoms with Crippen molar-refractivity contribution in [1.82, 2.24) is 0 Å². The van der Waals surface area contributed by atoms with Gasteiger partial charge in [0.2, 0.25) is 0 Å². The minimum Gasteiger partial charge on any atom is -0.481 e. The van der Waals surface area contributed by atoms with Crippen LogP contribution < -0.4 is 0 Å². The van der Waals surface area contributed by atoms with Crippen molar-refractivity contribution in [2.24, 2.45) is 0 Å². The first kappa shape index (κ1) is 15.1. The number of nitrogens with zero attached hydrogens (tertiary/aromatic N) is 3. The van der Waals surface area contributed by atoms with E-state index in [1.165, 1.54) is 0 Å². The molecule has 0 spiro atoms. The number of carbonyl (C=O) groups is 2. The van der Waals surface area contributed by atoms with Gasteiger partial charge in [-0.2, -0.15) is 0 Å². The van der Waals surface area contributed by atoms with E-state index < -0.39 is 45.5 Å². The van der Waals surface area contributed by atoms with Crippen LogP contribution in [-0.2, 0) is 14.3 Å². The van der Waals surface area contributed by atoms with E-state index in [0.717, 1.165) is 0 Å². The van der Waals surface area contributed by atoms with Gasteiger partial charge in [-0.05, 0) is 0 Å². The number of carboxylic acids is 1. The van der Waals surface area contributed by atoms with Gasteiger partial charge in [0.05, 0.1) is 0 Å². The Morgan fingerprint density at radius 3 is 1.72 bits per heavy atom. The molecule has 0 bridgehead atoms. The summed E-state index contributed by atoms with van der Waals surface area (Å²) in [4.78, 5) is 46.3. The van der Waals surface area contributed by atoms with Gasteiger partial charge in [0.25, 0.3) is 0 Å². The number of carbonyl (C=O) groups excluding carboxylic acids is 1. The summed E-state index contributed by atoms with van der Waals surface area (Å²) >= 11 is 0. The van der Waals surface area contributed by atoms with Crippen molar-refractivity contribution in [2.45, 2.75) is 12.2 Å².